The lowest BCUT2D eigenvalue weighted by Gasteiger charge is -2.14. The molecule has 2 rings (SSSR count). The van der Waals surface area contributed by atoms with Crippen LogP contribution < -0.4 is 16.0 Å². The van der Waals surface area contributed by atoms with E-state index in [2.05, 4.69) is 20.9 Å². The minimum atomic E-state index is -0.283. The molecule has 1 atom stereocenters. The Morgan fingerprint density at radius 3 is 2.46 bits per heavy atom. The Morgan fingerprint density at radius 1 is 1.04 bits per heavy atom. The monoisotopic (exact) mass is 326 g/mol. The summed E-state index contributed by atoms with van der Waals surface area (Å²) < 4.78 is 0. The number of amides is 3. The number of hydrogen-bond acceptors (Lipinski definition) is 3. The van der Waals surface area contributed by atoms with Gasteiger partial charge in [-0.05, 0) is 30.2 Å². The molecule has 0 fully saturated rings. The van der Waals surface area contributed by atoms with Crippen molar-refractivity contribution in [2.24, 2.45) is 0 Å². The first kappa shape index (κ1) is 17.5. The number of urea groups is 1. The van der Waals surface area contributed by atoms with Gasteiger partial charge in [0, 0.05) is 31.9 Å². The first-order valence-electron chi connectivity index (χ1n) is 7.90. The predicted octanol–water partition coefficient (Wildman–Crippen LogP) is 2.15. The molecule has 3 N–H and O–H groups in total. The Hall–Kier alpha value is -2.89. The third kappa shape index (κ3) is 6.08. The lowest BCUT2D eigenvalue weighted by atomic mass is 10.1. The summed E-state index contributed by atoms with van der Waals surface area (Å²) in [7, 11) is 0. The second kappa shape index (κ2) is 9.29. The van der Waals surface area contributed by atoms with Crippen molar-refractivity contribution in [3.63, 3.8) is 0 Å². The largest absolute Gasteiger partial charge is 0.350 e. The maximum atomic E-state index is 11.9. The van der Waals surface area contributed by atoms with Crippen LogP contribution in [0.15, 0.2) is 54.9 Å². The zero-order valence-corrected chi connectivity index (χ0v) is 13.7. The number of nitrogens with one attached hydrogen (secondary N) is 3. The molecular formula is C18H22N4O2. The Labute approximate surface area is 141 Å². The van der Waals surface area contributed by atoms with Crippen molar-refractivity contribution in [3.05, 3.63) is 66.0 Å². The van der Waals surface area contributed by atoms with E-state index in [4.69, 9.17) is 0 Å². The van der Waals surface area contributed by atoms with Crippen LogP contribution in [0.2, 0.25) is 0 Å². The molecule has 1 aromatic heterocycles. The molecule has 0 radical (unpaired) electrons. The fraction of sp³-hybridized carbons (Fsp3) is 0.278. The van der Waals surface area contributed by atoms with Gasteiger partial charge < -0.3 is 16.0 Å². The fourth-order valence-corrected chi connectivity index (χ4v) is 2.18. The van der Waals surface area contributed by atoms with Crippen LogP contribution in [0.25, 0.3) is 0 Å². The number of hydrogen-bond donors (Lipinski definition) is 3. The fourth-order valence-electron chi connectivity index (χ4n) is 2.18. The number of nitrogens with zero attached hydrogens (tertiary/aromatic N) is 1. The molecule has 0 saturated heterocycles. The SMILES string of the molecule is CC(NC(=O)CCNC(=O)NCc1ccccc1)c1ccncc1. The summed E-state index contributed by atoms with van der Waals surface area (Å²) in [5.41, 5.74) is 2.02. The normalized spacial score (nSPS) is 11.4. The van der Waals surface area contributed by atoms with Crippen LogP contribution >= 0.6 is 0 Å². The first-order valence-corrected chi connectivity index (χ1v) is 7.90. The smallest absolute Gasteiger partial charge is 0.315 e. The summed E-state index contributed by atoms with van der Waals surface area (Å²) in [6, 6.07) is 13.0. The molecule has 0 aliphatic rings. The van der Waals surface area contributed by atoms with Crippen LogP contribution in [0.5, 0.6) is 0 Å². The van der Waals surface area contributed by atoms with Gasteiger partial charge in [0.1, 0.15) is 0 Å². The van der Waals surface area contributed by atoms with Gasteiger partial charge in [0.2, 0.25) is 5.91 Å². The van der Waals surface area contributed by atoms with Crippen molar-refractivity contribution in [2.45, 2.75) is 25.9 Å². The molecule has 0 bridgehead atoms. The van der Waals surface area contributed by atoms with Gasteiger partial charge in [-0.15, -0.1) is 0 Å². The molecule has 1 heterocycles. The molecule has 1 aromatic carbocycles. The number of carbonyl (C=O) groups is 2. The Morgan fingerprint density at radius 2 is 1.75 bits per heavy atom. The molecule has 126 valence electrons. The molecule has 0 saturated carbocycles. The third-order valence-electron chi connectivity index (χ3n) is 3.52. The van der Waals surface area contributed by atoms with E-state index in [9.17, 15) is 9.59 Å². The van der Waals surface area contributed by atoms with Crippen LogP contribution in [0.4, 0.5) is 4.79 Å². The van der Waals surface area contributed by atoms with Gasteiger partial charge in [0.05, 0.1) is 6.04 Å². The van der Waals surface area contributed by atoms with Gasteiger partial charge in [0.15, 0.2) is 0 Å². The average Bonchev–Trinajstić information content (AvgIpc) is 2.61. The molecule has 3 amide bonds. The van der Waals surface area contributed by atoms with E-state index in [1.165, 1.54) is 0 Å². The molecule has 0 spiro atoms. The minimum Gasteiger partial charge on any atom is -0.350 e. The third-order valence-corrected chi connectivity index (χ3v) is 3.52. The summed E-state index contributed by atoms with van der Waals surface area (Å²) in [5.74, 6) is -0.109. The molecular weight excluding hydrogens is 304 g/mol. The van der Waals surface area contributed by atoms with E-state index < -0.39 is 0 Å². The van der Waals surface area contributed by atoms with Crippen LogP contribution in [0.3, 0.4) is 0 Å². The molecule has 6 heteroatoms. The molecule has 0 aliphatic carbocycles. The quantitative estimate of drug-likeness (QED) is 0.729. The van der Waals surface area contributed by atoms with E-state index in [1.807, 2.05) is 49.4 Å². The number of aromatic nitrogens is 1. The van der Waals surface area contributed by atoms with Gasteiger partial charge >= 0.3 is 6.03 Å². The summed E-state index contributed by atoms with van der Waals surface area (Å²) in [6.45, 7) is 2.65. The van der Waals surface area contributed by atoms with E-state index in [0.29, 0.717) is 6.54 Å². The Kier molecular flexibility index (Phi) is 6.76. The number of rotatable bonds is 7. The zero-order chi connectivity index (χ0) is 17.2. The highest BCUT2D eigenvalue weighted by atomic mass is 16.2. The number of benzene rings is 1. The van der Waals surface area contributed by atoms with Crippen LogP contribution in [-0.2, 0) is 11.3 Å². The van der Waals surface area contributed by atoms with Crippen molar-refractivity contribution in [3.8, 4) is 0 Å². The van der Waals surface area contributed by atoms with Gasteiger partial charge in [-0.3, -0.25) is 9.78 Å². The van der Waals surface area contributed by atoms with E-state index >= 15 is 0 Å². The molecule has 24 heavy (non-hydrogen) atoms. The first-order chi connectivity index (χ1) is 11.6. The van der Waals surface area contributed by atoms with Gasteiger partial charge in [0.25, 0.3) is 0 Å². The summed E-state index contributed by atoms with van der Waals surface area (Å²) in [4.78, 5) is 27.5. The van der Waals surface area contributed by atoms with Crippen molar-refractivity contribution in [2.75, 3.05) is 6.54 Å². The van der Waals surface area contributed by atoms with Crippen LogP contribution in [0, 0.1) is 0 Å². The molecule has 0 aliphatic heterocycles. The lowest BCUT2D eigenvalue weighted by molar-refractivity contribution is -0.121. The van der Waals surface area contributed by atoms with E-state index in [-0.39, 0.29) is 30.9 Å². The predicted molar refractivity (Wildman–Crippen MR) is 92.1 cm³/mol. The second-order valence-electron chi connectivity index (χ2n) is 5.41. The number of carbonyl (C=O) groups excluding carboxylic acids is 2. The van der Waals surface area contributed by atoms with Crippen molar-refractivity contribution in [1.29, 1.82) is 0 Å². The highest BCUT2D eigenvalue weighted by Gasteiger charge is 2.09. The zero-order valence-electron chi connectivity index (χ0n) is 13.7. The van der Waals surface area contributed by atoms with E-state index in [1.54, 1.807) is 12.4 Å². The van der Waals surface area contributed by atoms with Crippen LogP contribution in [0.1, 0.15) is 30.5 Å². The standard InChI is InChI=1S/C18H22N4O2/c1-14(16-7-10-19-11-8-16)22-17(23)9-12-20-18(24)21-13-15-5-3-2-4-6-15/h2-8,10-11,14H,9,12-13H2,1H3,(H,22,23)(H2,20,21,24). The Balaban J connectivity index is 1.62. The van der Waals surface area contributed by atoms with Crippen LogP contribution in [-0.4, -0.2) is 23.5 Å². The van der Waals surface area contributed by atoms with E-state index in [0.717, 1.165) is 11.1 Å². The summed E-state index contributed by atoms with van der Waals surface area (Å²) in [5, 5.41) is 8.32. The highest BCUT2D eigenvalue weighted by Crippen LogP contribution is 2.09. The lowest BCUT2D eigenvalue weighted by Crippen LogP contribution is -2.37. The maximum Gasteiger partial charge on any atom is 0.315 e. The minimum absolute atomic E-state index is 0.0904. The second-order valence-corrected chi connectivity index (χ2v) is 5.41. The van der Waals surface area contributed by atoms with Crippen molar-refractivity contribution < 1.29 is 9.59 Å². The van der Waals surface area contributed by atoms with Gasteiger partial charge in [-0.25, -0.2) is 4.79 Å². The topological polar surface area (TPSA) is 83.1 Å². The maximum absolute atomic E-state index is 11.9. The Bertz CT molecular complexity index is 647. The van der Waals surface area contributed by atoms with Gasteiger partial charge in [-0.2, -0.15) is 0 Å². The summed E-state index contributed by atoms with van der Waals surface area (Å²) in [6.07, 6.45) is 3.61. The number of pyridine rings is 1. The van der Waals surface area contributed by atoms with Gasteiger partial charge in [-0.1, -0.05) is 30.3 Å². The average molecular weight is 326 g/mol. The molecule has 1 unspecified atom stereocenters. The molecule has 6 nitrogen and oxygen atoms in total. The highest BCUT2D eigenvalue weighted by molar-refractivity contribution is 5.78. The van der Waals surface area contributed by atoms with Crippen molar-refractivity contribution in [1.82, 2.24) is 20.9 Å². The molecule has 2 aromatic rings. The van der Waals surface area contributed by atoms with Crippen molar-refractivity contribution >= 4 is 11.9 Å². The summed E-state index contributed by atoms with van der Waals surface area (Å²) >= 11 is 0.